The number of nitrogens with zero attached hydrogens (tertiary/aromatic N) is 6. The second-order valence-electron chi connectivity index (χ2n) is 8.11. The maximum atomic E-state index is 6.34. The minimum absolute atomic E-state index is 0.230. The fourth-order valence-corrected chi connectivity index (χ4v) is 5.18. The Kier molecular flexibility index (Phi) is 5.11. The number of halogens is 2. The monoisotopic (exact) mass is 519 g/mol. The quantitative estimate of drug-likeness (QED) is 0.380. The van der Waals surface area contributed by atoms with Crippen LogP contribution in [0.5, 0.6) is 0 Å². The van der Waals surface area contributed by atoms with Crippen LogP contribution in [0.4, 0.5) is 0 Å². The first-order chi connectivity index (χ1) is 16.2. The molecule has 1 fully saturated rings. The molecule has 2 aliphatic heterocycles. The molecule has 1 atom stereocenters. The molecule has 0 amide bonds. The number of nitrogens with one attached hydrogen (secondary N) is 1. The third-order valence-electron chi connectivity index (χ3n) is 6.16. The lowest BCUT2D eigenvalue weighted by Crippen LogP contribution is -2.25. The molecule has 2 aromatic heterocycles. The van der Waals surface area contributed by atoms with Crippen LogP contribution < -0.4 is 0 Å². The molecule has 0 saturated carbocycles. The number of fused-ring (bicyclic) bond motifs is 1. The second-order valence-corrected chi connectivity index (χ2v) is 9.46. The average Bonchev–Trinajstić information content (AvgIpc) is 3.59. The van der Waals surface area contributed by atoms with Gasteiger partial charge >= 0.3 is 0 Å². The topological polar surface area (TPSA) is 75.5 Å². The molecule has 2 aromatic carbocycles. The number of H-pyrrole nitrogens is 1. The largest absolute Gasteiger partial charge is 0.361 e. The van der Waals surface area contributed by atoms with E-state index in [1.54, 1.807) is 11.0 Å². The van der Waals surface area contributed by atoms with E-state index in [2.05, 4.69) is 65.6 Å². The van der Waals surface area contributed by atoms with Gasteiger partial charge in [0, 0.05) is 32.9 Å². The van der Waals surface area contributed by atoms with Crippen LogP contribution in [-0.2, 0) is 0 Å². The predicted octanol–water partition coefficient (Wildman–Crippen LogP) is 5.59. The number of aromatic nitrogens is 6. The summed E-state index contributed by atoms with van der Waals surface area (Å²) in [5.41, 5.74) is 6.50. The molecule has 4 heterocycles. The van der Waals surface area contributed by atoms with E-state index < -0.39 is 0 Å². The second kappa shape index (κ2) is 8.28. The van der Waals surface area contributed by atoms with Gasteiger partial charge in [0.2, 0.25) is 0 Å². The van der Waals surface area contributed by atoms with Gasteiger partial charge in [-0.2, -0.15) is 4.68 Å². The van der Waals surface area contributed by atoms with Gasteiger partial charge in [-0.1, -0.05) is 45.7 Å². The standard InChI is InChI=1S/C24H19BrClN7/c25-17-3-1-2-16(10-17)21-13-27-24(29-21)23-7-5-19-11-15(8-9-32(19)23)20-12-18(26)4-6-22(20)33-14-28-30-31-33/h1-4,6,8,10-14,23H,5,7,9H2,(H,27,29). The van der Waals surface area contributed by atoms with E-state index >= 15 is 0 Å². The van der Waals surface area contributed by atoms with Crippen LogP contribution in [0.25, 0.3) is 22.5 Å². The number of hydrogen-bond acceptors (Lipinski definition) is 5. The summed E-state index contributed by atoms with van der Waals surface area (Å²) in [5.74, 6) is 1.00. The van der Waals surface area contributed by atoms with Crippen molar-refractivity contribution in [1.82, 2.24) is 35.1 Å². The third-order valence-corrected chi connectivity index (χ3v) is 6.89. The zero-order valence-corrected chi connectivity index (χ0v) is 19.8. The lowest BCUT2D eigenvalue weighted by atomic mass is 9.99. The van der Waals surface area contributed by atoms with Crippen LogP contribution in [0.3, 0.4) is 0 Å². The molecule has 0 aliphatic carbocycles. The summed E-state index contributed by atoms with van der Waals surface area (Å²) in [5, 5.41) is 12.3. The number of hydrogen-bond donors (Lipinski definition) is 1. The average molecular weight is 521 g/mol. The van der Waals surface area contributed by atoms with Crippen LogP contribution in [0, 0.1) is 0 Å². The maximum Gasteiger partial charge on any atom is 0.143 e. The maximum absolute atomic E-state index is 6.34. The summed E-state index contributed by atoms with van der Waals surface area (Å²) in [6, 6.07) is 14.3. The fourth-order valence-electron chi connectivity index (χ4n) is 4.61. The Morgan fingerprint density at radius 3 is 2.94 bits per heavy atom. The summed E-state index contributed by atoms with van der Waals surface area (Å²) < 4.78 is 2.72. The van der Waals surface area contributed by atoms with Crippen LogP contribution >= 0.6 is 27.5 Å². The first-order valence-electron chi connectivity index (χ1n) is 10.7. The third kappa shape index (κ3) is 3.79. The van der Waals surface area contributed by atoms with Crippen molar-refractivity contribution in [3.63, 3.8) is 0 Å². The van der Waals surface area contributed by atoms with Crippen molar-refractivity contribution in [3.8, 4) is 16.9 Å². The van der Waals surface area contributed by atoms with Crippen molar-refractivity contribution in [2.75, 3.05) is 6.54 Å². The summed E-state index contributed by atoms with van der Waals surface area (Å²) in [7, 11) is 0. The Morgan fingerprint density at radius 2 is 2.09 bits per heavy atom. The number of tetrazole rings is 1. The molecule has 6 rings (SSSR count). The van der Waals surface area contributed by atoms with Crippen LogP contribution in [0.15, 0.2) is 77.3 Å². The van der Waals surface area contributed by atoms with Gasteiger partial charge in [-0.05, 0) is 65.2 Å². The zero-order valence-electron chi connectivity index (χ0n) is 17.5. The molecule has 33 heavy (non-hydrogen) atoms. The lowest BCUT2D eigenvalue weighted by molar-refractivity contribution is 0.315. The number of imidazole rings is 1. The van der Waals surface area contributed by atoms with Gasteiger partial charge in [0.05, 0.1) is 23.6 Å². The van der Waals surface area contributed by atoms with Gasteiger partial charge in [0.25, 0.3) is 0 Å². The van der Waals surface area contributed by atoms with E-state index in [-0.39, 0.29) is 6.04 Å². The molecule has 7 nitrogen and oxygen atoms in total. The summed E-state index contributed by atoms with van der Waals surface area (Å²) in [6.45, 7) is 0.806. The van der Waals surface area contributed by atoms with Crippen molar-refractivity contribution in [3.05, 3.63) is 93.7 Å². The van der Waals surface area contributed by atoms with E-state index in [1.165, 1.54) is 5.70 Å². The van der Waals surface area contributed by atoms with E-state index in [0.29, 0.717) is 5.02 Å². The molecule has 164 valence electrons. The van der Waals surface area contributed by atoms with Crippen molar-refractivity contribution in [2.45, 2.75) is 18.9 Å². The van der Waals surface area contributed by atoms with Crippen LogP contribution in [0.1, 0.15) is 30.3 Å². The Morgan fingerprint density at radius 1 is 1.15 bits per heavy atom. The summed E-state index contributed by atoms with van der Waals surface area (Å²) in [4.78, 5) is 10.7. The van der Waals surface area contributed by atoms with Crippen LogP contribution in [0.2, 0.25) is 5.02 Å². The van der Waals surface area contributed by atoms with Gasteiger partial charge in [0.1, 0.15) is 12.2 Å². The number of benzene rings is 2. The van der Waals surface area contributed by atoms with E-state index in [9.17, 15) is 0 Å². The Balaban J connectivity index is 1.28. The molecule has 1 unspecified atom stereocenters. The Labute approximate surface area is 203 Å². The normalized spacial score (nSPS) is 17.6. The molecular formula is C24H19BrClN7. The number of rotatable bonds is 4. The van der Waals surface area contributed by atoms with Gasteiger partial charge in [0.15, 0.2) is 0 Å². The molecule has 4 aromatic rings. The van der Waals surface area contributed by atoms with Crippen molar-refractivity contribution in [1.29, 1.82) is 0 Å². The lowest BCUT2D eigenvalue weighted by Gasteiger charge is -2.29. The van der Waals surface area contributed by atoms with Gasteiger partial charge in [-0.15, -0.1) is 5.10 Å². The SMILES string of the molecule is Clc1ccc(-n2cnnn2)c(C2=CCN3C(=C2)CCC3c2ncc(-c3cccc(Br)c3)[nH]2)c1. The highest BCUT2D eigenvalue weighted by atomic mass is 79.9. The molecule has 0 bridgehead atoms. The van der Waals surface area contributed by atoms with Gasteiger partial charge in [-0.3, -0.25) is 0 Å². The van der Waals surface area contributed by atoms with E-state index in [0.717, 1.165) is 57.8 Å². The molecular weight excluding hydrogens is 502 g/mol. The van der Waals surface area contributed by atoms with Crippen molar-refractivity contribution >= 4 is 33.1 Å². The minimum atomic E-state index is 0.230. The molecule has 9 heteroatoms. The highest BCUT2D eigenvalue weighted by molar-refractivity contribution is 9.10. The molecule has 1 N–H and O–H groups in total. The molecule has 0 radical (unpaired) electrons. The van der Waals surface area contributed by atoms with E-state index in [4.69, 9.17) is 16.6 Å². The number of aromatic amines is 1. The minimum Gasteiger partial charge on any atom is -0.361 e. The Bertz CT molecular complexity index is 1390. The van der Waals surface area contributed by atoms with Gasteiger partial charge < -0.3 is 9.88 Å². The molecule has 2 aliphatic rings. The van der Waals surface area contributed by atoms with Crippen molar-refractivity contribution in [2.24, 2.45) is 0 Å². The highest BCUT2D eigenvalue weighted by Gasteiger charge is 2.33. The van der Waals surface area contributed by atoms with Crippen molar-refractivity contribution < 1.29 is 0 Å². The fraction of sp³-hybridized carbons (Fsp3) is 0.167. The first kappa shape index (κ1) is 20.4. The zero-order chi connectivity index (χ0) is 22.4. The number of allylic oxidation sites excluding steroid dienone is 3. The highest BCUT2D eigenvalue weighted by Crippen LogP contribution is 2.42. The molecule has 1 saturated heterocycles. The van der Waals surface area contributed by atoms with Gasteiger partial charge in [-0.25, -0.2) is 4.98 Å². The first-order valence-corrected chi connectivity index (χ1v) is 11.8. The molecule has 0 spiro atoms. The summed E-state index contributed by atoms with van der Waals surface area (Å²) in [6.07, 6.45) is 10.0. The smallest absolute Gasteiger partial charge is 0.143 e. The Hall–Kier alpha value is -3.23. The summed E-state index contributed by atoms with van der Waals surface area (Å²) >= 11 is 9.89. The van der Waals surface area contributed by atoms with Crippen LogP contribution in [-0.4, -0.2) is 41.6 Å². The van der Waals surface area contributed by atoms with E-state index in [1.807, 2.05) is 36.5 Å². The predicted molar refractivity (Wildman–Crippen MR) is 131 cm³/mol.